The van der Waals surface area contributed by atoms with Crippen molar-refractivity contribution in [3.05, 3.63) is 35.4 Å². The van der Waals surface area contributed by atoms with E-state index in [2.05, 4.69) is 5.32 Å². The average Bonchev–Trinajstić information content (AvgIpc) is 2.16. The van der Waals surface area contributed by atoms with Crippen LogP contribution in [0.2, 0.25) is 0 Å². The molecule has 0 unspecified atom stereocenters. The van der Waals surface area contributed by atoms with Gasteiger partial charge in [0.2, 0.25) is 0 Å². The molecule has 0 aliphatic heterocycles. The molecule has 0 aliphatic carbocycles. The van der Waals surface area contributed by atoms with Gasteiger partial charge in [-0.3, -0.25) is 0 Å². The smallest absolute Gasteiger partial charge is 0.392 e. The highest BCUT2D eigenvalue weighted by Crippen LogP contribution is 2.31. The standard InChI is InChI=1S/C11H14F3NO/c1-8(16)6-15-7-9-4-2-3-5-10(9)11(12,13)14/h2-5,8,15-16H,6-7H2,1H3/t8-/m1/s1. The summed E-state index contributed by atoms with van der Waals surface area (Å²) in [6.07, 6.45) is -4.90. The predicted octanol–water partition coefficient (Wildman–Crippen LogP) is 2.18. The first-order chi connectivity index (χ1) is 7.41. The molecule has 0 radical (unpaired) electrons. The van der Waals surface area contributed by atoms with Crippen LogP contribution in [0, 0.1) is 0 Å². The predicted molar refractivity (Wildman–Crippen MR) is 54.8 cm³/mol. The average molecular weight is 233 g/mol. The molecule has 0 aliphatic rings. The molecule has 0 heterocycles. The van der Waals surface area contributed by atoms with Crippen LogP contribution in [0.3, 0.4) is 0 Å². The van der Waals surface area contributed by atoms with E-state index in [1.807, 2.05) is 0 Å². The molecule has 0 amide bonds. The van der Waals surface area contributed by atoms with E-state index in [9.17, 15) is 13.2 Å². The Balaban J connectivity index is 2.72. The third-order valence-corrected chi connectivity index (χ3v) is 2.08. The lowest BCUT2D eigenvalue weighted by atomic mass is 10.1. The molecule has 1 aromatic rings. The fourth-order valence-corrected chi connectivity index (χ4v) is 1.37. The highest BCUT2D eigenvalue weighted by Gasteiger charge is 2.32. The number of hydrogen-bond donors (Lipinski definition) is 2. The van der Waals surface area contributed by atoms with E-state index in [1.54, 1.807) is 13.0 Å². The maximum Gasteiger partial charge on any atom is 0.416 e. The maximum absolute atomic E-state index is 12.6. The quantitative estimate of drug-likeness (QED) is 0.835. The number of hydrogen-bond acceptors (Lipinski definition) is 2. The summed E-state index contributed by atoms with van der Waals surface area (Å²) in [6, 6.07) is 5.41. The molecule has 0 saturated carbocycles. The third kappa shape index (κ3) is 3.83. The van der Waals surface area contributed by atoms with Crippen molar-refractivity contribution in [2.45, 2.75) is 25.7 Å². The minimum atomic E-state index is -4.33. The van der Waals surface area contributed by atoms with Gasteiger partial charge in [-0.25, -0.2) is 0 Å². The monoisotopic (exact) mass is 233 g/mol. The Morgan fingerprint density at radius 2 is 1.94 bits per heavy atom. The first kappa shape index (κ1) is 13.0. The normalized spacial score (nSPS) is 13.8. The molecule has 0 saturated heterocycles. The highest BCUT2D eigenvalue weighted by molar-refractivity contribution is 5.29. The second kappa shape index (κ2) is 5.32. The fourth-order valence-electron chi connectivity index (χ4n) is 1.37. The van der Waals surface area contributed by atoms with Gasteiger partial charge in [0.15, 0.2) is 0 Å². The van der Waals surface area contributed by atoms with Gasteiger partial charge in [-0.15, -0.1) is 0 Å². The van der Waals surface area contributed by atoms with E-state index in [1.165, 1.54) is 12.1 Å². The van der Waals surface area contributed by atoms with Crippen molar-refractivity contribution in [2.24, 2.45) is 0 Å². The Kier molecular flexibility index (Phi) is 4.32. The van der Waals surface area contributed by atoms with Crippen LogP contribution in [0.5, 0.6) is 0 Å². The zero-order valence-corrected chi connectivity index (χ0v) is 8.88. The van der Waals surface area contributed by atoms with E-state index >= 15 is 0 Å². The van der Waals surface area contributed by atoms with Crippen LogP contribution in [-0.2, 0) is 12.7 Å². The van der Waals surface area contributed by atoms with Crippen molar-refractivity contribution in [1.82, 2.24) is 5.32 Å². The number of nitrogens with one attached hydrogen (secondary N) is 1. The summed E-state index contributed by atoms with van der Waals surface area (Å²) < 4.78 is 37.7. The second-order valence-corrected chi connectivity index (χ2v) is 3.63. The molecular weight excluding hydrogens is 219 g/mol. The summed E-state index contributed by atoms with van der Waals surface area (Å²) in [7, 11) is 0. The summed E-state index contributed by atoms with van der Waals surface area (Å²) in [4.78, 5) is 0. The highest BCUT2D eigenvalue weighted by atomic mass is 19.4. The Bertz CT molecular complexity index is 336. The Morgan fingerprint density at radius 3 is 2.50 bits per heavy atom. The molecular formula is C11H14F3NO. The molecule has 0 aromatic heterocycles. The SMILES string of the molecule is C[C@@H](O)CNCc1ccccc1C(F)(F)F. The zero-order chi connectivity index (χ0) is 12.2. The largest absolute Gasteiger partial charge is 0.416 e. The molecule has 0 bridgehead atoms. The molecule has 0 fully saturated rings. The van der Waals surface area contributed by atoms with Gasteiger partial charge in [0.05, 0.1) is 11.7 Å². The fraction of sp³-hybridized carbons (Fsp3) is 0.455. The molecule has 90 valence electrons. The van der Waals surface area contributed by atoms with Gasteiger partial charge >= 0.3 is 6.18 Å². The van der Waals surface area contributed by atoms with Crippen LogP contribution in [0.25, 0.3) is 0 Å². The molecule has 1 atom stereocenters. The number of rotatable bonds is 4. The Morgan fingerprint density at radius 1 is 1.31 bits per heavy atom. The van der Waals surface area contributed by atoms with Gasteiger partial charge in [-0.2, -0.15) is 13.2 Å². The van der Waals surface area contributed by atoms with Crippen molar-refractivity contribution in [3.63, 3.8) is 0 Å². The zero-order valence-electron chi connectivity index (χ0n) is 8.88. The van der Waals surface area contributed by atoms with Crippen LogP contribution in [0.4, 0.5) is 13.2 Å². The number of halogens is 3. The van der Waals surface area contributed by atoms with E-state index < -0.39 is 17.8 Å². The lowest BCUT2D eigenvalue weighted by Crippen LogP contribution is -2.25. The summed E-state index contributed by atoms with van der Waals surface area (Å²) in [5.41, 5.74) is -0.441. The molecule has 0 spiro atoms. The van der Waals surface area contributed by atoms with Crippen LogP contribution < -0.4 is 5.32 Å². The van der Waals surface area contributed by atoms with E-state index in [0.717, 1.165) is 6.07 Å². The lowest BCUT2D eigenvalue weighted by Gasteiger charge is -2.13. The van der Waals surface area contributed by atoms with E-state index in [4.69, 9.17) is 5.11 Å². The van der Waals surface area contributed by atoms with Crippen LogP contribution in [0.1, 0.15) is 18.1 Å². The van der Waals surface area contributed by atoms with Crippen molar-refractivity contribution in [3.8, 4) is 0 Å². The summed E-state index contributed by atoms with van der Waals surface area (Å²) in [5.74, 6) is 0. The topological polar surface area (TPSA) is 32.3 Å². The first-order valence-corrected chi connectivity index (χ1v) is 4.95. The maximum atomic E-state index is 12.6. The number of alkyl halides is 3. The van der Waals surface area contributed by atoms with Crippen molar-refractivity contribution >= 4 is 0 Å². The molecule has 1 rings (SSSR count). The molecule has 2 nitrogen and oxygen atoms in total. The van der Waals surface area contributed by atoms with Crippen molar-refractivity contribution in [2.75, 3.05) is 6.54 Å². The van der Waals surface area contributed by atoms with Crippen LogP contribution in [-0.4, -0.2) is 17.8 Å². The van der Waals surface area contributed by atoms with Gasteiger partial charge in [-0.05, 0) is 18.6 Å². The first-order valence-electron chi connectivity index (χ1n) is 4.95. The van der Waals surface area contributed by atoms with Gasteiger partial charge < -0.3 is 10.4 Å². The minimum absolute atomic E-state index is 0.0978. The Labute approximate surface area is 92.1 Å². The number of benzene rings is 1. The van der Waals surface area contributed by atoms with Gasteiger partial charge in [-0.1, -0.05) is 18.2 Å². The molecule has 1 aromatic carbocycles. The van der Waals surface area contributed by atoms with Crippen molar-refractivity contribution < 1.29 is 18.3 Å². The van der Waals surface area contributed by atoms with Gasteiger partial charge in [0.1, 0.15) is 0 Å². The molecule has 5 heteroatoms. The van der Waals surface area contributed by atoms with Gasteiger partial charge in [0, 0.05) is 13.1 Å². The molecule has 16 heavy (non-hydrogen) atoms. The van der Waals surface area contributed by atoms with E-state index in [0.29, 0.717) is 0 Å². The number of aliphatic hydroxyl groups excluding tert-OH is 1. The van der Waals surface area contributed by atoms with Crippen LogP contribution in [0.15, 0.2) is 24.3 Å². The summed E-state index contributed by atoms with van der Waals surface area (Å²) in [5, 5.41) is 11.7. The number of aliphatic hydroxyl groups is 1. The van der Waals surface area contributed by atoms with Crippen molar-refractivity contribution in [1.29, 1.82) is 0 Å². The minimum Gasteiger partial charge on any atom is -0.392 e. The lowest BCUT2D eigenvalue weighted by molar-refractivity contribution is -0.138. The summed E-state index contributed by atoms with van der Waals surface area (Å²) >= 11 is 0. The molecule has 2 N–H and O–H groups in total. The van der Waals surface area contributed by atoms with E-state index in [-0.39, 0.29) is 18.7 Å². The summed E-state index contributed by atoms with van der Waals surface area (Å²) in [6.45, 7) is 1.94. The Hall–Kier alpha value is -1.07. The van der Waals surface area contributed by atoms with Crippen LogP contribution >= 0.6 is 0 Å². The third-order valence-electron chi connectivity index (χ3n) is 2.08. The second-order valence-electron chi connectivity index (χ2n) is 3.63. The van der Waals surface area contributed by atoms with Gasteiger partial charge in [0.25, 0.3) is 0 Å².